The largest absolute Gasteiger partial charge is 0.353 e. The fraction of sp³-hybridized carbons (Fsp3) is 0.235. The quantitative estimate of drug-likeness (QED) is 0.680. The van der Waals surface area contributed by atoms with Crippen LogP contribution in [0, 0.1) is 6.92 Å². The number of aromatic amines is 1. The first-order valence-electron chi connectivity index (χ1n) is 7.42. The fourth-order valence-corrected chi connectivity index (χ4v) is 3.16. The Morgan fingerprint density at radius 1 is 1.27 bits per heavy atom. The number of H-pyrrole nitrogens is 1. The highest BCUT2D eigenvalue weighted by atomic mass is 15.4. The number of hydrogen-bond donors (Lipinski definition) is 3. The maximum absolute atomic E-state index is 4.17. The summed E-state index contributed by atoms with van der Waals surface area (Å²) in [7, 11) is 4.05. The number of rotatable bonds is 2. The van der Waals surface area contributed by atoms with Crippen LogP contribution in [0.25, 0.3) is 22.2 Å². The van der Waals surface area contributed by atoms with Gasteiger partial charge in [0, 0.05) is 29.9 Å². The Kier molecular flexibility index (Phi) is 2.84. The van der Waals surface area contributed by atoms with Gasteiger partial charge in [0.1, 0.15) is 0 Å². The number of nitrogens with one attached hydrogen (secondary N) is 3. The number of aromatic nitrogens is 2. The number of aryl methyl sites for hydroxylation is 1. The molecule has 0 spiro atoms. The highest BCUT2D eigenvalue weighted by Crippen LogP contribution is 2.38. The van der Waals surface area contributed by atoms with Gasteiger partial charge in [-0.05, 0) is 43.8 Å². The Labute approximate surface area is 129 Å². The van der Waals surface area contributed by atoms with E-state index >= 15 is 0 Å². The predicted molar refractivity (Wildman–Crippen MR) is 91.1 cm³/mol. The molecule has 4 rings (SSSR count). The maximum Gasteiger partial charge on any atom is 0.155 e. The van der Waals surface area contributed by atoms with E-state index in [0.717, 1.165) is 16.9 Å². The van der Waals surface area contributed by atoms with Crippen LogP contribution in [-0.4, -0.2) is 30.4 Å². The zero-order valence-electron chi connectivity index (χ0n) is 12.9. The first kappa shape index (κ1) is 13.2. The molecule has 1 aliphatic rings. The molecule has 112 valence electrons. The summed E-state index contributed by atoms with van der Waals surface area (Å²) in [6.07, 6.45) is 3.82. The molecular weight excluding hydrogens is 274 g/mol. The molecule has 1 atom stereocenters. The molecule has 0 saturated carbocycles. The van der Waals surface area contributed by atoms with Gasteiger partial charge in [-0.3, -0.25) is 10.3 Å². The summed E-state index contributed by atoms with van der Waals surface area (Å²) in [5.41, 5.74) is 7.03. The van der Waals surface area contributed by atoms with E-state index in [1.165, 1.54) is 22.2 Å². The highest BCUT2D eigenvalue weighted by molar-refractivity contribution is 5.89. The van der Waals surface area contributed by atoms with Crippen LogP contribution in [0.15, 0.2) is 36.7 Å². The Balaban J connectivity index is 1.83. The molecule has 3 heterocycles. The van der Waals surface area contributed by atoms with E-state index in [0.29, 0.717) is 0 Å². The van der Waals surface area contributed by atoms with Gasteiger partial charge in [-0.2, -0.15) is 0 Å². The Hall–Kier alpha value is -2.53. The standard InChI is InChI=1S/C17H19N5/c1-10-6-16-14(21-17(18-2)22(16)3)8-12(10)13-7-11-4-5-19-9-15(11)20-13/h4-9,17-18,20-21H,1-3H3. The van der Waals surface area contributed by atoms with Crippen molar-refractivity contribution in [1.82, 2.24) is 15.3 Å². The van der Waals surface area contributed by atoms with E-state index < -0.39 is 0 Å². The highest BCUT2D eigenvalue weighted by Gasteiger charge is 2.25. The van der Waals surface area contributed by atoms with Gasteiger partial charge < -0.3 is 15.2 Å². The van der Waals surface area contributed by atoms with Crippen molar-refractivity contribution in [2.75, 3.05) is 24.3 Å². The van der Waals surface area contributed by atoms with Crippen molar-refractivity contribution in [2.45, 2.75) is 13.2 Å². The van der Waals surface area contributed by atoms with Gasteiger partial charge in [0.25, 0.3) is 0 Å². The molecule has 1 unspecified atom stereocenters. The van der Waals surface area contributed by atoms with Crippen molar-refractivity contribution in [2.24, 2.45) is 0 Å². The molecule has 22 heavy (non-hydrogen) atoms. The number of pyridine rings is 1. The maximum atomic E-state index is 4.17. The lowest BCUT2D eigenvalue weighted by atomic mass is 10.0. The minimum atomic E-state index is 0.136. The van der Waals surface area contributed by atoms with Crippen LogP contribution in [-0.2, 0) is 0 Å². The third-order valence-electron chi connectivity index (χ3n) is 4.39. The van der Waals surface area contributed by atoms with Gasteiger partial charge in [0.05, 0.1) is 23.1 Å². The SMILES string of the molecule is CNC1Nc2cc(-c3cc4ccncc4[nH]3)c(C)cc2N1C. The molecule has 1 aromatic carbocycles. The molecule has 3 N–H and O–H groups in total. The molecule has 3 aromatic rings. The van der Waals surface area contributed by atoms with Crippen LogP contribution in [0.5, 0.6) is 0 Å². The second-order valence-electron chi connectivity index (χ2n) is 5.78. The molecule has 0 bridgehead atoms. The van der Waals surface area contributed by atoms with Crippen LogP contribution in [0.2, 0.25) is 0 Å². The smallest absolute Gasteiger partial charge is 0.155 e. The van der Waals surface area contributed by atoms with Crippen LogP contribution in [0.4, 0.5) is 11.4 Å². The summed E-state index contributed by atoms with van der Waals surface area (Å²) in [6.45, 7) is 2.15. The van der Waals surface area contributed by atoms with Crippen molar-refractivity contribution in [3.63, 3.8) is 0 Å². The van der Waals surface area contributed by atoms with Crippen molar-refractivity contribution in [3.8, 4) is 11.3 Å². The Morgan fingerprint density at radius 2 is 2.14 bits per heavy atom. The molecule has 0 fully saturated rings. The minimum Gasteiger partial charge on any atom is -0.353 e. The van der Waals surface area contributed by atoms with Crippen LogP contribution < -0.4 is 15.5 Å². The third kappa shape index (κ3) is 1.86. The summed E-state index contributed by atoms with van der Waals surface area (Å²) < 4.78 is 0. The molecule has 0 radical (unpaired) electrons. The average Bonchev–Trinajstić information content (AvgIpc) is 3.08. The van der Waals surface area contributed by atoms with Gasteiger partial charge in [0.2, 0.25) is 0 Å². The second-order valence-corrected chi connectivity index (χ2v) is 5.78. The average molecular weight is 293 g/mol. The zero-order chi connectivity index (χ0) is 15.3. The summed E-state index contributed by atoms with van der Waals surface area (Å²) >= 11 is 0. The number of fused-ring (bicyclic) bond motifs is 2. The van der Waals surface area contributed by atoms with E-state index in [4.69, 9.17) is 0 Å². The summed E-state index contributed by atoms with van der Waals surface area (Å²) in [6, 6.07) is 8.66. The number of anilines is 2. The zero-order valence-corrected chi connectivity index (χ0v) is 12.9. The molecule has 0 saturated heterocycles. The molecular formula is C17H19N5. The number of hydrogen-bond acceptors (Lipinski definition) is 4. The van der Waals surface area contributed by atoms with Crippen LogP contribution in [0.1, 0.15) is 5.56 Å². The Bertz CT molecular complexity index is 818. The lowest BCUT2D eigenvalue weighted by Crippen LogP contribution is -2.43. The topological polar surface area (TPSA) is 56.0 Å². The van der Waals surface area contributed by atoms with Crippen molar-refractivity contribution in [1.29, 1.82) is 0 Å². The Morgan fingerprint density at radius 3 is 2.91 bits per heavy atom. The van der Waals surface area contributed by atoms with E-state index in [1.54, 1.807) is 0 Å². The van der Waals surface area contributed by atoms with Crippen molar-refractivity contribution >= 4 is 22.3 Å². The van der Waals surface area contributed by atoms with Gasteiger partial charge in [0.15, 0.2) is 6.29 Å². The normalized spacial score (nSPS) is 16.9. The summed E-state index contributed by atoms with van der Waals surface area (Å²) in [5.74, 6) is 0. The molecule has 5 nitrogen and oxygen atoms in total. The van der Waals surface area contributed by atoms with Crippen LogP contribution in [0.3, 0.4) is 0 Å². The summed E-state index contributed by atoms with van der Waals surface area (Å²) in [4.78, 5) is 9.84. The summed E-state index contributed by atoms with van der Waals surface area (Å²) in [5, 5.41) is 7.94. The lowest BCUT2D eigenvalue weighted by Gasteiger charge is -2.21. The predicted octanol–water partition coefficient (Wildman–Crippen LogP) is 2.90. The van der Waals surface area contributed by atoms with Gasteiger partial charge in [-0.15, -0.1) is 0 Å². The van der Waals surface area contributed by atoms with Crippen LogP contribution >= 0.6 is 0 Å². The molecule has 1 aliphatic heterocycles. The van der Waals surface area contributed by atoms with Crippen molar-refractivity contribution < 1.29 is 0 Å². The lowest BCUT2D eigenvalue weighted by molar-refractivity contribution is 0.635. The van der Waals surface area contributed by atoms with Crippen molar-refractivity contribution in [3.05, 3.63) is 42.2 Å². The van der Waals surface area contributed by atoms with Gasteiger partial charge in [-0.1, -0.05) is 0 Å². The second kappa shape index (κ2) is 4.74. The van der Waals surface area contributed by atoms with Gasteiger partial charge in [-0.25, -0.2) is 0 Å². The van der Waals surface area contributed by atoms with E-state index in [9.17, 15) is 0 Å². The third-order valence-corrected chi connectivity index (χ3v) is 4.39. The van der Waals surface area contributed by atoms with Gasteiger partial charge >= 0.3 is 0 Å². The molecule has 5 heteroatoms. The molecule has 2 aromatic heterocycles. The van der Waals surface area contributed by atoms with E-state index in [-0.39, 0.29) is 6.29 Å². The first-order valence-corrected chi connectivity index (χ1v) is 7.42. The first-order chi connectivity index (χ1) is 10.7. The monoisotopic (exact) mass is 293 g/mol. The molecule has 0 aliphatic carbocycles. The minimum absolute atomic E-state index is 0.136. The van der Waals surface area contributed by atoms with E-state index in [1.807, 2.05) is 25.5 Å². The molecule has 0 amide bonds. The van der Waals surface area contributed by atoms with E-state index in [2.05, 4.69) is 57.7 Å². The number of nitrogens with zero attached hydrogens (tertiary/aromatic N) is 2. The fourth-order valence-electron chi connectivity index (χ4n) is 3.16. The number of benzene rings is 1.